The first kappa shape index (κ1) is 27.7. The van der Waals surface area contributed by atoms with Gasteiger partial charge in [-0.15, -0.1) is 11.3 Å². The van der Waals surface area contributed by atoms with Crippen molar-refractivity contribution in [3.63, 3.8) is 0 Å². The van der Waals surface area contributed by atoms with Crippen LogP contribution in [-0.4, -0.2) is 9.13 Å². The summed E-state index contributed by atoms with van der Waals surface area (Å²) in [6.07, 6.45) is 6.48. The fraction of sp³-hybridized carbons (Fsp3) is 0.0455. The fourth-order valence-corrected chi connectivity index (χ4v) is 9.11. The highest BCUT2D eigenvalue weighted by Crippen LogP contribution is 2.43. The maximum absolute atomic E-state index is 10.5. The van der Waals surface area contributed by atoms with E-state index >= 15 is 0 Å². The van der Waals surface area contributed by atoms with Crippen LogP contribution in [0.2, 0.25) is 0 Å². The number of nitriles is 2. The summed E-state index contributed by atoms with van der Waals surface area (Å²) in [5, 5.41) is 27.2. The molecule has 0 saturated heterocycles. The lowest BCUT2D eigenvalue weighted by Crippen LogP contribution is -2.03. The van der Waals surface area contributed by atoms with Crippen LogP contribution < -0.4 is 0 Å². The molecule has 0 fully saturated rings. The van der Waals surface area contributed by atoms with Gasteiger partial charge >= 0.3 is 0 Å². The van der Waals surface area contributed by atoms with E-state index < -0.39 is 0 Å². The number of hydrogen-bond acceptors (Lipinski definition) is 3. The summed E-state index contributed by atoms with van der Waals surface area (Å²) in [6.45, 7) is 0. The molecule has 9 aromatic rings. The molecule has 0 atom stereocenters. The molecule has 1 aliphatic rings. The van der Waals surface area contributed by atoms with Crippen molar-refractivity contribution in [2.24, 2.45) is 0 Å². The van der Waals surface area contributed by atoms with Crippen molar-refractivity contribution >= 4 is 70.3 Å². The number of aromatic nitrogens is 2. The predicted molar refractivity (Wildman–Crippen MR) is 203 cm³/mol. The second kappa shape index (κ2) is 10.6. The molecule has 3 aromatic heterocycles. The largest absolute Gasteiger partial charge is 0.310 e. The monoisotopic (exact) mass is 642 g/mol. The molecule has 4 nitrogen and oxygen atoms in total. The Morgan fingerprint density at radius 2 is 1.31 bits per heavy atom. The average Bonchev–Trinajstić information content (AvgIpc) is 3.80. The number of aryl methyl sites for hydroxylation is 1. The second-order valence-corrected chi connectivity index (χ2v) is 13.7. The Morgan fingerprint density at radius 3 is 2.08 bits per heavy atom. The molecule has 0 unspecified atom stereocenters. The molecule has 0 aliphatic heterocycles. The van der Waals surface area contributed by atoms with Crippen LogP contribution in [-0.2, 0) is 6.42 Å². The van der Waals surface area contributed by atoms with Crippen LogP contribution in [0.25, 0.3) is 81.5 Å². The van der Waals surface area contributed by atoms with Gasteiger partial charge < -0.3 is 9.13 Å². The summed E-state index contributed by atoms with van der Waals surface area (Å²) in [5.41, 5.74) is 10.2. The Kier molecular flexibility index (Phi) is 5.96. The van der Waals surface area contributed by atoms with Crippen molar-refractivity contribution in [3.05, 3.63) is 150 Å². The first-order valence-electron chi connectivity index (χ1n) is 16.4. The maximum Gasteiger partial charge on any atom is 0.0998 e. The molecule has 0 radical (unpaired) electrons. The molecular weight excluding hydrogens is 617 g/mol. The van der Waals surface area contributed by atoms with Gasteiger partial charge in [0, 0.05) is 58.8 Å². The highest BCUT2D eigenvalue weighted by atomic mass is 32.1. The molecule has 228 valence electrons. The van der Waals surface area contributed by atoms with E-state index in [1.54, 1.807) is 0 Å². The molecule has 0 bridgehead atoms. The number of nitrogens with zero attached hydrogens (tertiary/aromatic N) is 4. The lowest BCUT2D eigenvalue weighted by atomic mass is 9.93. The van der Waals surface area contributed by atoms with Gasteiger partial charge in [-0.05, 0) is 85.1 Å². The topological polar surface area (TPSA) is 57.4 Å². The number of allylic oxidation sites excluding steroid dienone is 1. The highest BCUT2D eigenvalue weighted by Gasteiger charge is 2.24. The molecule has 0 saturated carbocycles. The third-order valence-electron chi connectivity index (χ3n) is 10.1. The first-order chi connectivity index (χ1) is 24.2. The Balaban J connectivity index is 1.28. The van der Waals surface area contributed by atoms with E-state index in [4.69, 9.17) is 0 Å². The third-order valence-corrected chi connectivity index (χ3v) is 11.2. The van der Waals surface area contributed by atoms with E-state index in [2.05, 4.69) is 124 Å². The summed E-state index contributed by atoms with van der Waals surface area (Å²) >= 11 is 1.83. The molecule has 0 N–H and O–H groups in total. The van der Waals surface area contributed by atoms with Gasteiger partial charge in [-0.2, -0.15) is 10.5 Å². The number of fused-ring (bicyclic) bond motifs is 9. The number of rotatable bonds is 3. The Morgan fingerprint density at radius 1 is 0.571 bits per heavy atom. The average molecular weight is 643 g/mol. The van der Waals surface area contributed by atoms with Crippen LogP contribution >= 0.6 is 11.3 Å². The minimum Gasteiger partial charge on any atom is -0.310 e. The van der Waals surface area contributed by atoms with Crippen LogP contribution in [0.15, 0.2) is 127 Å². The van der Waals surface area contributed by atoms with E-state index in [0.717, 1.165) is 62.7 Å². The van der Waals surface area contributed by atoms with Crippen molar-refractivity contribution in [3.8, 4) is 34.6 Å². The molecule has 1 aliphatic carbocycles. The van der Waals surface area contributed by atoms with E-state index in [1.807, 2.05) is 41.7 Å². The zero-order valence-corrected chi connectivity index (χ0v) is 27.1. The maximum atomic E-state index is 10.5. The lowest BCUT2D eigenvalue weighted by molar-refractivity contribution is 0.967. The van der Waals surface area contributed by atoms with Crippen molar-refractivity contribution in [2.75, 3.05) is 0 Å². The van der Waals surface area contributed by atoms with Crippen molar-refractivity contribution in [1.29, 1.82) is 10.5 Å². The van der Waals surface area contributed by atoms with Gasteiger partial charge in [-0.3, -0.25) is 0 Å². The van der Waals surface area contributed by atoms with Gasteiger partial charge in [0.1, 0.15) is 0 Å². The lowest BCUT2D eigenvalue weighted by Gasteiger charge is -2.18. The normalized spacial score (nSPS) is 12.6. The van der Waals surface area contributed by atoms with Crippen LogP contribution in [0.1, 0.15) is 28.8 Å². The van der Waals surface area contributed by atoms with Gasteiger partial charge in [-0.1, -0.05) is 66.7 Å². The van der Waals surface area contributed by atoms with E-state index in [-0.39, 0.29) is 0 Å². The third kappa shape index (κ3) is 3.94. The summed E-state index contributed by atoms with van der Waals surface area (Å²) in [5.74, 6) is 0. The smallest absolute Gasteiger partial charge is 0.0998 e. The molecular formula is C44H26N4S. The van der Waals surface area contributed by atoms with E-state index in [9.17, 15) is 10.5 Å². The number of hydrogen-bond donors (Lipinski definition) is 0. The van der Waals surface area contributed by atoms with Crippen molar-refractivity contribution < 1.29 is 0 Å². The van der Waals surface area contributed by atoms with E-state index in [1.165, 1.54) is 36.8 Å². The van der Waals surface area contributed by atoms with Crippen LogP contribution in [0.4, 0.5) is 0 Å². The molecule has 10 rings (SSSR count). The van der Waals surface area contributed by atoms with Gasteiger partial charge in [0.15, 0.2) is 0 Å². The zero-order valence-electron chi connectivity index (χ0n) is 26.3. The summed E-state index contributed by atoms with van der Waals surface area (Å²) in [4.78, 5) is 0. The zero-order chi connectivity index (χ0) is 32.6. The van der Waals surface area contributed by atoms with Crippen molar-refractivity contribution in [2.45, 2.75) is 12.8 Å². The van der Waals surface area contributed by atoms with Crippen LogP contribution in [0.3, 0.4) is 0 Å². The molecule has 0 spiro atoms. The molecule has 5 heteroatoms. The second-order valence-electron chi connectivity index (χ2n) is 12.6. The number of para-hydroxylation sites is 2. The standard InChI is InChI=1S/C44H26N4S/c45-25-27-20-21-29(47-37-15-5-3-13-32(37)35-23-36-33-14-4-8-19-42(33)49-43(36)24-41(35)47)22-34(27)44-28(26-46)10-9-18-40(44)48-38-16-6-1-11-30(38)31-12-2-7-17-39(31)48/h1-2,4-12,14-24H,3,13H2. The Bertz CT molecular complexity index is 2920. The van der Waals surface area contributed by atoms with Gasteiger partial charge in [0.2, 0.25) is 0 Å². The quantitative estimate of drug-likeness (QED) is 0.193. The number of benzene rings is 6. The molecule has 49 heavy (non-hydrogen) atoms. The molecule has 6 aromatic carbocycles. The van der Waals surface area contributed by atoms with Gasteiger partial charge in [-0.25, -0.2) is 0 Å². The minimum absolute atomic E-state index is 0.527. The Labute approximate surface area is 286 Å². The molecule has 0 amide bonds. The SMILES string of the molecule is N#Cc1ccc(-n2c3c(c4cc5c(cc42)sc2ccccc25)CCC=C3)cc1-c1c(C#N)cccc1-n1c2ccccc2c2ccccc21. The summed E-state index contributed by atoms with van der Waals surface area (Å²) in [7, 11) is 0. The Hall–Kier alpha value is -6.40. The predicted octanol–water partition coefficient (Wildman–Crippen LogP) is 11.5. The van der Waals surface area contributed by atoms with E-state index in [0.29, 0.717) is 11.1 Å². The minimum atomic E-state index is 0.527. The highest BCUT2D eigenvalue weighted by molar-refractivity contribution is 7.25. The van der Waals surface area contributed by atoms with Gasteiger partial charge in [0.25, 0.3) is 0 Å². The van der Waals surface area contributed by atoms with Crippen LogP contribution in [0, 0.1) is 22.7 Å². The fourth-order valence-electron chi connectivity index (χ4n) is 7.99. The molecule has 3 heterocycles. The van der Waals surface area contributed by atoms with Gasteiger partial charge in [0.05, 0.1) is 45.5 Å². The summed E-state index contributed by atoms with van der Waals surface area (Å²) in [6, 6.07) is 47.0. The van der Waals surface area contributed by atoms with Crippen LogP contribution in [0.5, 0.6) is 0 Å². The van der Waals surface area contributed by atoms with Crippen molar-refractivity contribution in [1.82, 2.24) is 9.13 Å². The number of thiophene rings is 1. The first-order valence-corrected chi connectivity index (χ1v) is 17.3. The summed E-state index contributed by atoms with van der Waals surface area (Å²) < 4.78 is 7.13.